The number of benzene rings is 3. The van der Waals surface area contributed by atoms with Crippen LogP contribution in [0, 0.1) is 6.92 Å². The fourth-order valence-electron chi connectivity index (χ4n) is 3.66. The quantitative estimate of drug-likeness (QED) is 0.289. The van der Waals surface area contributed by atoms with Gasteiger partial charge in [-0.3, -0.25) is 5.10 Å². The van der Waals surface area contributed by atoms with Gasteiger partial charge in [-0.15, -0.1) is 0 Å². The first-order valence-corrected chi connectivity index (χ1v) is 10.6. The molecule has 7 heteroatoms. The van der Waals surface area contributed by atoms with Crippen LogP contribution in [0.1, 0.15) is 25.0 Å². The highest BCUT2D eigenvalue weighted by molar-refractivity contribution is 6.03. The third-order valence-corrected chi connectivity index (χ3v) is 5.27. The zero-order valence-electron chi connectivity index (χ0n) is 18.5. The van der Waals surface area contributed by atoms with Crippen molar-refractivity contribution in [2.45, 2.75) is 33.4 Å². The summed E-state index contributed by atoms with van der Waals surface area (Å²) in [6, 6.07) is 19.6. The second-order valence-corrected chi connectivity index (χ2v) is 8.19. The molecule has 0 saturated carbocycles. The number of H-pyrrole nitrogens is 1. The Kier molecular flexibility index (Phi) is 6.09. The topological polar surface area (TPSA) is 108 Å². The Morgan fingerprint density at radius 1 is 1.03 bits per heavy atom. The third kappa shape index (κ3) is 4.73. The van der Waals surface area contributed by atoms with Crippen molar-refractivity contribution >= 4 is 34.1 Å². The molecule has 0 aliphatic carbocycles. The number of anilines is 3. The summed E-state index contributed by atoms with van der Waals surface area (Å²) in [5.74, 6) is 0.473. The largest absolute Gasteiger partial charge is 0.382 e. The molecule has 32 heavy (non-hydrogen) atoms. The number of nitrogen functional groups attached to an aromatic ring is 1. The van der Waals surface area contributed by atoms with Crippen LogP contribution >= 0.6 is 0 Å². The standard InChI is InChI=1S/C25H28N6O/c1-15(2)27-14-18-9-12-21(22-23(18)30-31-24(22)26)17-7-10-19(11-8-17)28-25(32)29-20-6-4-5-16(3)13-20/h4-13,15,27H,14H2,1-3H3,(H3,26,30,31)(H2,28,29,32). The van der Waals surface area contributed by atoms with Gasteiger partial charge in [0.1, 0.15) is 0 Å². The van der Waals surface area contributed by atoms with Gasteiger partial charge in [-0.2, -0.15) is 5.10 Å². The van der Waals surface area contributed by atoms with Crippen LogP contribution in [0.3, 0.4) is 0 Å². The third-order valence-electron chi connectivity index (χ3n) is 5.27. The van der Waals surface area contributed by atoms with E-state index in [9.17, 15) is 4.79 Å². The number of hydrogen-bond donors (Lipinski definition) is 5. The van der Waals surface area contributed by atoms with Crippen molar-refractivity contribution in [3.8, 4) is 11.1 Å². The molecule has 1 heterocycles. The molecule has 0 radical (unpaired) electrons. The number of aromatic nitrogens is 2. The predicted octanol–water partition coefficient (Wildman–Crippen LogP) is 5.26. The lowest BCUT2D eigenvalue weighted by Gasteiger charge is -2.12. The molecule has 4 rings (SSSR count). The van der Waals surface area contributed by atoms with Crippen molar-refractivity contribution in [3.63, 3.8) is 0 Å². The normalized spacial score (nSPS) is 11.1. The molecule has 0 aliphatic rings. The monoisotopic (exact) mass is 428 g/mol. The lowest BCUT2D eigenvalue weighted by Crippen LogP contribution is -2.21. The van der Waals surface area contributed by atoms with Crippen LogP contribution in [0.15, 0.2) is 60.7 Å². The minimum atomic E-state index is -0.285. The Labute approximate surface area is 187 Å². The van der Waals surface area contributed by atoms with Crippen LogP contribution < -0.4 is 21.7 Å². The number of urea groups is 1. The molecule has 6 N–H and O–H groups in total. The molecule has 0 unspecified atom stereocenters. The van der Waals surface area contributed by atoms with Crippen LogP contribution in [0.25, 0.3) is 22.0 Å². The number of amides is 2. The fraction of sp³-hybridized carbons (Fsp3) is 0.200. The number of nitrogens with one attached hydrogen (secondary N) is 4. The van der Waals surface area contributed by atoms with E-state index in [-0.39, 0.29) is 6.03 Å². The van der Waals surface area contributed by atoms with Gasteiger partial charge in [-0.25, -0.2) is 4.79 Å². The van der Waals surface area contributed by atoms with Crippen molar-refractivity contribution in [1.82, 2.24) is 15.5 Å². The number of carbonyl (C=O) groups excluding carboxylic acids is 1. The van der Waals surface area contributed by atoms with Crippen LogP contribution in [-0.2, 0) is 6.54 Å². The molecule has 0 spiro atoms. The van der Waals surface area contributed by atoms with Crippen LogP contribution in [-0.4, -0.2) is 22.3 Å². The van der Waals surface area contributed by atoms with E-state index in [1.54, 1.807) is 0 Å². The maximum absolute atomic E-state index is 12.3. The zero-order chi connectivity index (χ0) is 22.7. The van der Waals surface area contributed by atoms with Gasteiger partial charge in [0.2, 0.25) is 0 Å². The predicted molar refractivity (Wildman–Crippen MR) is 132 cm³/mol. The summed E-state index contributed by atoms with van der Waals surface area (Å²) >= 11 is 0. The average Bonchev–Trinajstić information content (AvgIpc) is 3.15. The average molecular weight is 429 g/mol. The number of fused-ring (bicyclic) bond motifs is 1. The Hall–Kier alpha value is -3.84. The van der Waals surface area contributed by atoms with Gasteiger partial charge in [-0.1, -0.05) is 50.2 Å². The molecule has 1 aromatic heterocycles. The summed E-state index contributed by atoms with van der Waals surface area (Å²) in [6.07, 6.45) is 0. The van der Waals surface area contributed by atoms with Crippen molar-refractivity contribution in [2.24, 2.45) is 0 Å². The van der Waals surface area contributed by atoms with E-state index in [2.05, 4.69) is 52.1 Å². The number of hydrogen-bond acceptors (Lipinski definition) is 4. The van der Waals surface area contributed by atoms with E-state index in [1.807, 2.05) is 55.5 Å². The van der Waals surface area contributed by atoms with Gasteiger partial charge in [0.25, 0.3) is 0 Å². The highest BCUT2D eigenvalue weighted by Gasteiger charge is 2.14. The number of aromatic amines is 1. The first kappa shape index (κ1) is 21.4. The van der Waals surface area contributed by atoms with Gasteiger partial charge in [0.15, 0.2) is 5.82 Å². The second-order valence-electron chi connectivity index (χ2n) is 8.19. The van der Waals surface area contributed by atoms with Crippen molar-refractivity contribution in [1.29, 1.82) is 0 Å². The van der Waals surface area contributed by atoms with E-state index in [0.29, 0.717) is 17.5 Å². The zero-order valence-corrected chi connectivity index (χ0v) is 18.5. The molecule has 4 aromatic rings. The van der Waals surface area contributed by atoms with E-state index in [1.165, 1.54) is 0 Å². The van der Waals surface area contributed by atoms with Crippen molar-refractivity contribution < 1.29 is 4.79 Å². The SMILES string of the molecule is Cc1cccc(NC(=O)Nc2ccc(-c3ccc(CNC(C)C)c4[nH]nc(N)c34)cc2)c1. The Morgan fingerprint density at radius 2 is 1.78 bits per heavy atom. The molecule has 0 aliphatic heterocycles. The van der Waals surface area contributed by atoms with Crippen LogP contribution in [0.5, 0.6) is 0 Å². The van der Waals surface area contributed by atoms with Gasteiger partial charge in [0, 0.05) is 24.0 Å². The lowest BCUT2D eigenvalue weighted by molar-refractivity contribution is 0.262. The molecular formula is C25H28N6O. The van der Waals surface area contributed by atoms with Crippen molar-refractivity contribution in [2.75, 3.05) is 16.4 Å². The van der Waals surface area contributed by atoms with E-state index >= 15 is 0 Å². The number of rotatable bonds is 6. The summed E-state index contributed by atoms with van der Waals surface area (Å²) in [5, 5.41) is 17.4. The van der Waals surface area contributed by atoms with Crippen molar-refractivity contribution in [3.05, 3.63) is 71.8 Å². The molecule has 2 amide bonds. The fourth-order valence-corrected chi connectivity index (χ4v) is 3.66. The van der Waals surface area contributed by atoms with Crippen LogP contribution in [0.2, 0.25) is 0 Å². The first-order chi connectivity index (χ1) is 15.4. The van der Waals surface area contributed by atoms with Gasteiger partial charge in [0.05, 0.1) is 10.9 Å². The Morgan fingerprint density at radius 3 is 2.50 bits per heavy atom. The lowest BCUT2D eigenvalue weighted by atomic mass is 9.98. The van der Waals surface area contributed by atoms with Gasteiger partial charge >= 0.3 is 6.03 Å². The summed E-state index contributed by atoms with van der Waals surface area (Å²) in [6.45, 7) is 6.95. The van der Waals surface area contributed by atoms with E-state index in [4.69, 9.17) is 5.73 Å². The molecule has 0 fully saturated rings. The Balaban J connectivity index is 1.53. The summed E-state index contributed by atoms with van der Waals surface area (Å²) in [4.78, 5) is 12.3. The smallest absolute Gasteiger partial charge is 0.323 e. The van der Waals surface area contributed by atoms with E-state index < -0.39 is 0 Å². The van der Waals surface area contributed by atoms with E-state index in [0.717, 1.165) is 45.4 Å². The maximum atomic E-state index is 12.3. The highest BCUT2D eigenvalue weighted by Crippen LogP contribution is 2.34. The van der Waals surface area contributed by atoms with Gasteiger partial charge in [-0.05, 0) is 53.4 Å². The number of carbonyl (C=O) groups is 1. The molecule has 7 nitrogen and oxygen atoms in total. The Bertz CT molecular complexity index is 1240. The first-order valence-electron chi connectivity index (χ1n) is 10.6. The van der Waals surface area contributed by atoms with Gasteiger partial charge < -0.3 is 21.7 Å². The minimum absolute atomic E-state index is 0.285. The molecule has 0 saturated heterocycles. The number of aryl methyl sites for hydroxylation is 1. The molecule has 0 atom stereocenters. The second kappa shape index (κ2) is 9.11. The minimum Gasteiger partial charge on any atom is -0.382 e. The molecular weight excluding hydrogens is 400 g/mol. The molecule has 164 valence electrons. The molecule has 0 bridgehead atoms. The number of nitrogens with two attached hydrogens (primary N) is 1. The maximum Gasteiger partial charge on any atom is 0.323 e. The summed E-state index contributed by atoms with van der Waals surface area (Å²) < 4.78 is 0. The summed E-state index contributed by atoms with van der Waals surface area (Å²) in [7, 11) is 0. The van der Waals surface area contributed by atoms with Crippen LogP contribution in [0.4, 0.5) is 22.0 Å². The molecule has 3 aromatic carbocycles. The highest BCUT2D eigenvalue weighted by atomic mass is 16.2. The number of nitrogens with zero attached hydrogens (tertiary/aromatic N) is 1. The summed E-state index contributed by atoms with van der Waals surface area (Å²) in [5.41, 5.74) is 12.8.